The summed E-state index contributed by atoms with van der Waals surface area (Å²) in [6, 6.07) is 4.78. The first-order valence-corrected chi connectivity index (χ1v) is 17.1. The molecule has 40 heavy (non-hydrogen) atoms. The lowest BCUT2D eigenvalue weighted by molar-refractivity contribution is -0.137. The van der Waals surface area contributed by atoms with Crippen molar-refractivity contribution in [2.45, 2.75) is 81.5 Å². The molecule has 3 saturated heterocycles. The van der Waals surface area contributed by atoms with Gasteiger partial charge < -0.3 is 25.0 Å². The maximum atomic E-state index is 13.5. The molecule has 0 spiro atoms. The van der Waals surface area contributed by atoms with Crippen molar-refractivity contribution in [2.75, 3.05) is 43.9 Å². The minimum Gasteiger partial charge on any atom is -0.477 e. The lowest BCUT2D eigenvalue weighted by Crippen LogP contribution is -2.63. The number of anilines is 1. The zero-order chi connectivity index (χ0) is 27.6. The largest absolute Gasteiger partial charge is 0.477 e. The predicted octanol–water partition coefficient (Wildman–Crippen LogP) is 2.43. The SMILES string of the molecule is CS(=O)(=O)N1CCN(c2ccc(OCC3CC4CCC(C3)N4C(=O)NC3C4CC5CC3CC(O)(C5)C4)nc2)CC1. The number of aliphatic hydroxyl groups is 1. The first-order chi connectivity index (χ1) is 19.1. The highest BCUT2D eigenvalue weighted by Gasteiger charge is 2.55. The third-order valence-corrected chi connectivity index (χ3v) is 12.2. The number of piperidine rings is 1. The van der Waals surface area contributed by atoms with Crippen LogP contribution in [0.3, 0.4) is 0 Å². The fraction of sp³-hybridized carbons (Fsp3) is 0.793. The van der Waals surface area contributed by atoms with Crippen LogP contribution in [0.25, 0.3) is 0 Å². The fourth-order valence-electron chi connectivity index (χ4n) is 9.32. The molecule has 8 rings (SSSR count). The van der Waals surface area contributed by atoms with E-state index in [4.69, 9.17) is 4.74 Å². The van der Waals surface area contributed by atoms with Gasteiger partial charge in [-0.25, -0.2) is 18.2 Å². The van der Waals surface area contributed by atoms with E-state index in [1.54, 1.807) is 0 Å². The van der Waals surface area contributed by atoms with Gasteiger partial charge in [-0.05, 0) is 87.5 Å². The smallest absolute Gasteiger partial charge is 0.318 e. The van der Waals surface area contributed by atoms with Gasteiger partial charge in [0.1, 0.15) is 0 Å². The molecule has 11 heteroatoms. The summed E-state index contributed by atoms with van der Waals surface area (Å²) in [6.07, 6.45) is 12.1. The van der Waals surface area contributed by atoms with Crippen LogP contribution >= 0.6 is 0 Å². The molecule has 1 aromatic rings. The number of nitrogens with one attached hydrogen (secondary N) is 1. The van der Waals surface area contributed by atoms with Gasteiger partial charge in [-0.1, -0.05) is 0 Å². The molecule has 2 N–H and O–H groups in total. The molecule has 7 aliphatic rings. The molecule has 10 nitrogen and oxygen atoms in total. The summed E-state index contributed by atoms with van der Waals surface area (Å²) in [5.41, 5.74) is 0.506. The predicted molar refractivity (Wildman–Crippen MR) is 151 cm³/mol. The number of carbonyl (C=O) groups excluding carboxylic acids is 1. The highest BCUT2D eigenvalue weighted by molar-refractivity contribution is 7.88. The van der Waals surface area contributed by atoms with Crippen LogP contribution in [0.4, 0.5) is 10.5 Å². The molecule has 220 valence electrons. The van der Waals surface area contributed by atoms with Gasteiger partial charge in [0.2, 0.25) is 15.9 Å². The van der Waals surface area contributed by atoms with Crippen LogP contribution in [-0.2, 0) is 10.0 Å². The minimum absolute atomic E-state index is 0.117. The van der Waals surface area contributed by atoms with Gasteiger partial charge in [-0.2, -0.15) is 4.31 Å². The van der Waals surface area contributed by atoms with Crippen LogP contribution in [0.5, 0.6) is 5.88 Å². The molecule has 4 unspecified atom stereocenters. The Morgan fingerprint density at radius 2 is 1.73 bits per heavy atom. The molecule has 7 fully saturated rings. The normalized spacial score (nSPS) is 39.0. The molecule has 3 aliphatic heterocycles. The summed E-state index contributed by atoms with van der Waals surface area (Å²) in [7, 11) is -3.14. The summed E-state index contributed by atoms with van der Waals surface area (Å²) in [5, 5.41) is 14.4. The molecule has 0 radical (unpaired) electrons. The molecule has 4 heterocycles. The van der Waals surface area contributed by atoms with Crippen LogP contribution < -0.4 is 15.0 Å². The average molecular weight is 574 g/mol. The fourth-order valence-corrected chi connectivity index (χ4v) is 10.1. The van der Waals surface area contributed by atoms with Crippen LogP contribution in [0.1, 0.15) is 57.8 Å². The Balaban J connectivity index is 0.897. The van der Waals surface area contributed by atoms with Gasteiger partial charge in [-0.15, -0.1) is 0 Å². The van der Waals surface area contributed by atoms with Crippen molar-refractivity contribution in [3.63, 3.8) is 0 Å². The number of hydrogen-bond acceptors (Lipinski definition) is 7. The number of pyridine rings is 1. The highest BCUT2D eigenvalue weighted by atomic mass is 32.2. The van der Waals surface area contributed by atoms with E-state index in [2.05, 4.69) is 20.1 Å². The number of aromatic nitrogens is 1. The number of sulfonamides is 1. The van der Waals surface area contributed by atoms with E-state index < -0.39 is 15.6 Å². The third kappa shape index (κ3) is 5.06. The van der Waals surface area contributed by atoms with E-state index in [1.165, 1.54) is 10.6 Å². The van der Waals surface area contributed by atoms with Crippen LogP contribution in [-0.4, -0.2) is 96.5 Å². The van der Waals surface area contributed by atoms with Crippen molar-refractivity contribution < 1.29 is 23.1 Å². The lowest BCUT2D eigenvalue weighted by atomic mass is 9.52. The molecular formula is C29H43N5O5S. The Morgan fingerprint density at radius 3 is 2.30 bits per heavy atom. The van der Waals surface area contributed by atoms with E-state index in [-0.39, 0.29) is 24.2 Å². The maximum absolute atomic E-state index is 13.5. The molecule has 4 atom stereocenters. The number of carbonyl (C=O) groups is 1. The van der Waals surface area contributed by atoms with Crippen molar-refractivity contribution in [3.8, 4) is 5.88 Å². The van der Waals surface area contributed by atoms with E-state index >= 15 is 0 Å². The topological polar surface area (TPSA) is 115 Å². The quantitative estimate of drug-likeness (QED) is 0.537. The van der Waals surface area contributed by atoms with Crippen molar-refractivity contribution in [1.29, 1.82) is 0 Å². The molecule has 0 aromatic carbocycles. The van der Waals surface area contributed by atoms with Gasteiger partial charge in [-0.3, -0.25) is 0 Å². The minimum atomic E-state index is -3.14. The molecule has 6 bridgehead atoms. The standard InChI is InChI=1S/C29H43N5O5S/c1-40(37,38)33-8-6-32(7-9-33)25-4-5-26(30-17-25)39-18-20-12-23-2-3-24(13-20)34(23)28(35)31-27-21-10-19-11-22(27)16-29(36,14-19)15-21/h4-5,17,19-24,27,36H,2-3,6-16,18H2,1H3,(H,31,35). The van der Waals surface area contributed by atoms with Gasteiger partial charge in [0, 0.05) is 50.4 Å². The van der Waals surface area contributed by atoms with Gasteiger partial charge in [0.15, 0.2) is 0 Å². The monoisotopic (exact) mass is 573 g/mol. The Bertz CT molecular complexity index is 1190. The van der Waals surface area contributed by atoms with Crippen molar-refractivity contribution in [2.24, 2.45) is 23.7 Å². The van der Waals surface area contributed by atoms with Crippen molar-refractivity contribution >= 4 is 21.7 Å². The number of rotatable bonds is 6. The lowest BCUT2D eigenvalue weighted by Gasteiger charge is -2.58. The molecular weight excluding hydrogens is 530 g/mol. The second-order valence-corrected chi connectivity index (χ2v) is 15.6. The van der Waals surface area contributed by atoms with E-state index in [0.29, 0.717) is 62.3 Å². The zero-order valence-electron chi connectivity index (χ0n) is 23.5. The number of amides is 2. The Kier molecular flexibility index (Phi) is 6.70. The first-order valence-electron chi connectivity index (χ1n) is 15.2. The van der Waals surface area contributed by atoms with E-state index in [9.17, 15) is 18.3 Å². The Morgan fingerprint density at radius 1 is 1.05 bits per heavy atom. The zero-order valence-corrected chi connectivity index (χ0v) is 24.3. The molecule has 4 saturated carbocycles. The number of ether oxygens (including phenoxy) is 1. The van der Waals surface area contributed by atoms with E-state index in [0.717, 1.165) is 63.5 Å². The molecule has 1 aromatic heterocycles. The number of piperazine rings is 1. The summed E-state index contributed by atoms with van der Waals surface area (Å²) < 4.78 is 31.1. The second-order valence-electron chi connectivity index (χ2n) is 13.6. The Labute approximate surface area is 237 Å². The summed E-state index contributed by atoms with van der Waals surface area (Å²) in [5.74, 6) is 2.52. The number of fused-ring (bicyclic) bond motifs is 2. The molecule has 4 aliphatic carbocycles. The van der Waals surface area contributed by atoms with Gasteiger partial charge >= 0.3 is 6.03 Å². The second kappa shape index (κ2) is 10.0. The third-order valence-electron chi connectivity index (χ3n) is 10.9. The Hall–Kier alpha value is -2.11. The number of urea groups is 1. The van der Waals surface area contributed by atoms with Crippen LogP contribution in [0.2, 0.25) is 0 Å². The highest BCUT2D eigenvalue weighted by Crippen LogP contribution is 2.55. The maximum Gasteiger partial charge on any atom is 0.318 e. The average Bonchev–Trinajstić information content (AvgIpc) is 3.18. The van der Waals surface area contributed by atoms with Crippen LogP contribution in [0.15, 0.2) is 18.3 Å². The van der Waals surface area contributed by atoms with E-state index in [1.807, 2.05) is 18.3 Å². The van der Waals surface area contributed by atoms with Gasteiger partial charge in [0.25, 0.3) is 0 Å². The van der Waals surface area contributed by atoms with Crippen molar-refractivity contribution in [1.82, 2.24) is 19.5 Å². The summed E-state index contributed by atoms with van der Waals surface area (Å²) in [6.45, 7) is 2.88. The first kappa shape index (κ1) is 26.8. The number of hydrogen-bond donors (Lipinski definition) is 2. The summed E-state index contributed by atoms with van der Waals surface area (Å²) >= 11 is 0. The molecule has 2 amide bonds. The van der Waals surface area contributed by atoms with Crippen molar-refractivity contribution in [3.05, 3.63) is 18.3 Å². The van der Waals surface area contributed by atoms with Gasteiger partial charge in [0.05, 0.1) is 30.3 Å². The summed E-state index contributed by atoms with van der Waals surface area (Å²) in [4.78, 5) is 22.3. The number of nitrogens with zero attached hydrogens (tertiary/aromatic N) is 4. The van der Waals surface area contributed by atoms with Crippen LogP contribution in [0, 0.1) is 23.7 Å².